The molecule has 0 aromatic heterocycles. The Balaban J connectivity index is 2.37. The minimum absolute atomic E-state index is 0.0837. The summed E-state index contributed by atoms with van der Waals surface area (Å²) in [6, 6.07) is 11.9. The van der Waals surface area contributed by atoms with E-state index in [0.29, 0.717) is 10.6 Å². The highest BCUT2D eigenvalue weighted by Crippen LogP contribution is 2.44. The molecule has 6 heteroatoms. The van der Waals surface area contributed by atoms with Gasteiger partial charge in [0.25, 0.3) is 0 Å². The van der Waals surface area contributed by atoms with Gasteiger partial charge >= 0.3 is 6.18 Å². The molecule has 0 amide bonds. The van der Waals surface area contributed by atoms with E-state index in [1.54, 1.807) is 18.2 Å². The summed E-state index contributed by atoms with van der Waals surface area (Å²) in [5.74, 6) is 0. The van der Waals surface area contributed by atoms with Crippen LogP contribution in [0.2, 0.25) is 0 Å². The number of nitrogen functional groups attached to an aromatic ring is 2. The van der Waals surface area contributed by atoms with E-state index in [1.807, 2.05) is 12.1 Å². The van der Waals surface area contributed by atoms with E-state index in [4.69, 9.17) is 11.5 Å². The molecule has 2 aromatic carbocycles. The Labute approximate surface area is 131 Å². The van der Waals surface area contributed by atoms with Crippen molar-refractivity contribution in [3.8, 4) is 0 Å². The van der Waals surface area contributed by atoms with Gasteiger partial charge in [-0.25, -0.2) is 0 Å². The smallest absolute Gasteiger partial charge is 0.397 e. The number of hydrogen-bond donors (Lipinski definition) is 2. The minimum atomic E-state index is -4.37. The molecule has 0 heterocycles. The number of hydrogen-bond acceptors (Lipinski definition) is 3. The standard InChI is InChI=1S/C16H17F3N2S/c1-15(2,16(17,18)19)13-9-12(7-8-14(13)21)22-11-5-3-10(20)4-6-11/h3-9H,20-21H2,1-2H3. The molecule has 0 unspecified atom stereocenters. The number of alkyl halides is 3. The van der Waals surface area contributed by atoms with E-state index < -0.39 is 11.6 Å². The molecular formula is C16H17F3N2S. The molecule has 0 saturated heterocycles. The van der Waals surface area contributed by atoms with Gasteiger partial charge in [-0.1, -0.05) is 11.8 Å². The summed E-state index contributed by atoms with van der Waals surface area (Å²) in [5, 5.41) is 0. The van der Waals surface area contributed by atoms with Crippen LogP contribution in [-0.2, 0) is 5.41 Å². The quantitative estimate of drug-likeness (QED) is 0.793. The first-order chi connectivity index (χ1) is 10.1. The Kier molecular flexibility index (Phi) is 4.33. The maximum Gasteiger partial charge on any atom is 0.397 e. The zero-order valence-corrected chi connectivity index (χ0v) is 13.1. The summed E-state index contributed by atoms with van der Waals surface area (Å²) >= 11 is 1.37. The van der Waals surface area contributed by atoms with Crippen molar-refractivity contribution in [1.29, 1.82) is 0 Å². The van der Waals surface area contributed by atoms with Crippen LogP contribution < -0.4 is 11.5 Å². The molecule has 2 rings (SSSR count). The van der Waals surface area contributed by atoms with Crippen LogP contribution in [0.25, 0.3) is 0 Å². The van der Waals surface area contributed by atoms with Crippen LogP contribution in [0.3, 0.4) is 0 Å². The Morgan fingerprint density at radius 1 is 0.864 bits per heavy atom. The topological polar surface area (TPSA) is 52.0 Å². The Morgan fingerprint density at radius 2 is 1.41 bits per heavy atom. The average Bonchev–Trinajstić information content (AvgIpc) is 2.42. The molecular weight excluding hydrogens is 309 g/mol. The number of nitrogens with two attached hydrogens (primary N) is 2. The molecule has 0 radical (unpaired) electrons. The lowest BCUT2D eigenvalue weighted by molar-refractivity contribution is -0.180. The van der Waals surface area contributed by atoms with Crippen molar-refractivity contribution >= 4 is 23.1 Å². The predicted molar refractivity (Wildman–Crippen MR) is 84.9 cm³/mol. The fourth-order valence-electron chi connectivity index (χ4n) is 1.96. The van der Waals surface area contributed by atoms with E-state index in [9.17, 15) is 13.2 Å². The zero-order chi connectivity index (χ0) is 16.5. The first-order valence-electron chi connectivity index (χ1n) is 6.61. The molecule has 2 aromatic rings. The molecule has 0 aliphatic rings. The molecule has 0 atom stereocenters. The second kappa shape index (κ2) is 5.76. The molecule has 0 aliphatic carbocycles. The van der Waals surface area contributed by atoms with Gasteiger partial charge in [0.1, 0.15) is 0 Å². The fourth-order valence-corrected chi connectivity index (χ4v) is 2.82. The number of benzene rings is 2. The predicted octanol–water partition coefficient (Wildman–Crippen LogP) is 4.84. The highest BCUT2D eigenvalue weighted by Gasteiger charge is 2.49. The average molecular weight is 326 g/mol. The Morgan fingerprint density at radius 3 is 1.95 bits per heavy atom. The van der Waals surface area contributed by atoms with E-state index >= 15 is 0 Å². The summed E-state index contributed by atoms with van der Waals surface area (Å²) in [5.41, 5.74) is 10.2. The van der Waals surface area contributed by atoms with Crippen LogP contribution in [-0.4, -0.2) is 6.18 Å². The Hall–Kier alpha value is -1.82. The lowest BCUT2D eigenvalue weighted by Gasteiger charge is -2.29. The van der Waals surface area contributed by atoms with Crippen LogP contribution in [0.1, 0.15) is 19.4 Å². The second-order valence-electron chi connectivity index (χ2n) is 5.54. The highest BCUT2D eigenvalue weighted by molar-refractivity contribution is 7.99. The third-order valence-corrected chi connectivity index (χ3v) is 4.52. The largest absolute Gasteiger partial charge is 0.399 e. The summed E-state index contributed by atoms with van der Waals surface area (Å²) < 4.78 is 39.7. The SMILES string of the molecule is CC(C)(c1cc(Sc2ccc(N)cc2)ccc1N)C(F)(F)F. The molecule has 22 heavy (non-hydrogen) atoms. The van der Waals surface area contributed by atoms with Crippen LogP contribution >= 0.6 is 11.8 Å². The molecule has 4 N–H and O–H groups in total. The van der Waals surface area contributed by atoms with E-state index in [-0.39, 0.29) is 11.3 Å². The summed E-state index contributed by atoms with van der Waals surface area (Å²) in [4.78, 5) is 1.60. The van der Waals surface area contributed by atoms with E-state index in [0.717, 1.165) is 18.7 Å². The zero-order valence-electron chi connectivity index (χ0n) is 12.2. The third-order valence-electron chi connectivity index (χ3n) is 3.52. The molecule has 0 spiro atoms. The van der Waals surface area contributed by atoms with E-state index in [1.165, 1.54) is 23.9 Å². The van der Waals surface area contributed by atoms with Crippen molar-refractivity contribution in [1.82, 2.24) is 0 Å². The number of anilines is 2. The highest BCUT2D eigenvalue weighted by atomic mass is 32.2. The number of halogens is 3. The van der Waals surface area contributed by atoms with Gasteiger partial charge < -0.3 is 11.5 Å². The normalized spacial score (nSPS) is 12.4. The lowest BCUT2D eigenvalue weighted by Crippen LogP contribution is -2.37. The second-order valence-corrected chi connectivity index (χ2v) is 6.69. The Bertz CT molecular complexity index is 664. The van der Waals surface area contributed by atoms with Gasteiger partial charge in [0.15, 0.2) is 0 Å². The summed E-state index contributed by atoms with van der Waals surface area (Å²) in [6.45, 7) is 2.27. The first kappa shape index (κ1) is 16.5. The maximum atomic E-state index is 13.2. The van der Waals surface area contributed by atoms with Gasteiger partial charge in [0.2, 0.25) is 0 Å². The maximum absolute atomic E-state index is 13.2. The van der Waals surface area contributed by atoms with Crippen LogP contribution in [0, 0.1) is 0 Å². The van der Waals surface area contributed by atoms with Crippen molar-refractivity contribution in [3.05, 3.63) is 48.0 Å². The molecule has 0 fully saturated rings. The summed E-state index contributed by atoms with van der Waals surface area (Å²) in [6.07, 6.45) is -4.37. The van der Waals surface area contributed by atoms with Gasteiger partial charge in [0, 0.05) is 21.2 Å². The van der Waals surface area contributed by atoms with Gasteiger partial charge in [0.05, 0.1) is 5.41 Å². The first-order valence-corrected chi connectivity index (χ1v) is 7.43. The van der Waals surface area contributed by atoms with Gasteiger partial charge in [-0.3, -0.25) is 0 Å². The van der Waals surface area contributed by atoms with Gasteiger partial charge in [-0.05, 0) is 61.9 Å². The van der Waals surface area contributed by atoms with Crippen LogP contribution in [0.4, 0.5) is 24.5 Å². The minimum Gasteiger partial charge on any atom is -0.399 e. The number of rotatable bonds is 3. The van der Waals surface area contributed by atoms with Gasteiger partial charge in [-0.15, -0.1) is 0 Å². The van der Waals surface area contributed by atoms with Crippen molar-refractivity contribution in [3.63, 3.8) is 0 Å². The molecule has 118 valence electrons. The van der Waals surface area contributed by atoms with Crippen molar-refractivity contribution in [2.45, 2.75) is 35.2 Å². The van der Waals surface area contributed by atoms with Crippen molar-refractivity contribution < 1.29 is 13.2 Å². The van der Waals surface area contributed by atoms with Crippen LogP contribution in [0.5, 0.6) is 0 Å². The van der Waals surface area contributed by atoms with Crippen LogP contribution in [0.15, 0.2) is 52.3 Å². The van der Waals surface area contributed by atoms with Crippen molar-refractivity contribution in [2.24, 2.45) is 0 Å². The molecule has 0 aliphatic heterocycles. The third kappa shape index (κ3) is 3.32. The summed E-state index contributed by atoms with van der Waals surface area (Å²) in [7, 11) is 0. The fraction of sp³-hybridized carbons (Fsp3) is 0.250. The van der Waals surface area contributed by atoms with E-state index in [2.05, 4.69) is 0 Å². The molecule has 2 nitrogen and oxygen atoms in total. The lowest BCUT2D eigenvalue weighted by atomic mass is 9.83. The van der Waals surface area contributed by atoms with Gasteiger partial charge in [-0.2, -0.15) is 13.2 Å². The monoisotopic (exact) mass is 326 g/mol. The van der Waals surface area contributed by atoms with Crippen molar-refractivity contribution in [2.75, 3.05) is 11.5 Å². The molecule has 0 bridgehead atoms. The molecule has 0 saturated carbocycles.